The lowest BCUT2D eigenvalue weighted by Crippen LogP contribution is -2.38. The first-order valence-corrected chi connectivity index (χ1v) is 7.78. The zero-order chi connectivity index (χ0) is 15.4. The van der Waals surface area contributed by atoms with E-state index in [0.29, 0.717) is 5.69 Å². The molecule has 0 unspecified atom stereocenters. The van der Waals surface area contributed by atoms with Gasteiger partial charge in [0.2, 0.25) is 0 Å². The molecule has 1 aliphatic rings. The van der Waals surface area contributed by atoms with Crippen molar-refractivity contribution in [2.45, 2.75) is 44.2 Å². The maximum absolute atomic E-state index is 12.2. The van der Waals surface area contributed by atoms with Crippen molar-refractivity contribution < 1.29 is 9.90 Å². The molecule has 1 heterocycles. The summed E-state index contributed by atoms with van der Waals surface area (Å²) in [4.78, 5) is 12.2. The molecule has 0 atom stereocenters. The summed E-state index contributed by atoms with van der Waals surface area (Å²) in [6.45, 7) is 0. The summed E-state index contributed by atoms with van der Waals surface area (Å²) < 4.78 is 0. The van der Waals surface area contributed by atoms with E-state index in [4.69, 9.17) is 0 Å². The van der Waals surface area contributed by atoms with Gasteiger partial charge in [-0.25, -0.2) is 0 Å². The van der Waals surface area contributed by atoms with E-state index in [1.807, 2.05) is 30.3 Å². The number of carbonyl (C=O) groups excluding carboxylic acids is 1. The van der Waals surface area contributed by atoms with Crippen LogP contribution in [0.1, 0.15) is 47.4 Å². The summed E-state index contributed by atoms with van der Waals surface area (Å²) in [5, 5.41) is 19.5. The van der Waals surface area contributed by atoms with Gasteiger partial charge in [0, 0.05) is 18.2 Å². The highest BCUT2D eigenvalue weighted by molar-refractivity contribution is 5.92. The molecule has 1 amide bonds. The first-order chi connectivity index (χ1) is 10.7. The lowest BCUT2D eigenvalue weighted by molar-refractivity contribution is 0.0863. The Labute approximate surface area is 129 Å². The standard InChI is InChI=1S/C17H21N3O2/c21-15-8-6-13(7-9-15)18-17(22)16-11-14(19-20-16)10-12-4-2-1-3-5-12/h1-5,11,13,15,21H,6-10H2,(H,18,22)(H,19,20). The van der Waals surface area contributed by atoms with E-state index in [-0.39, 0.29) is 18.1 Å². The number of aromatic nitrogens is 2. The summed E-state index contributed by atoms with van der Waals surface area (Å²) in [7, 11) is 0. The van der Waals surface area contributed by atoms with Gasteiger partial charge < -0.3 is 10.4 Å². The van der Waals surface area contributed by atoms with E-state index < -0.39 is 0 Å². The first-order valence-electron chi connectivity index (χ1n) is 7.78. The van der Waals surface area contributed by atoms with Crippen molar-refractivity contribution in [3.8, 4) is 0 Å². The number of nitrogens with one attached hydrogen (secondary N) is 2. The highest BCUT2D eigenvalue weighted by Gasteiger charge is 2.22. The van der Waals surface area contributed by atoms with Crippen molar-refractivity contribution >= 4 is 5.91 Å². The molecule has 2 aromatic rings. The van der Waals surface area contributed by atoms with Gasteiger partial charge in [0.05, 0.1) is 6.10 Å². The Hall–Kier alpha value is -2.14. The van der Waals surface area contributed by atoms with Gasteiger partial charge in [-0.3, -0.25) is 9.89 Å². The lowest BCUT2D eigenvalue weighted by atomic mass is 9.93. The van der Waals surface area contributed by atoms with Gasteiger partial charge in [-0.1, -0.05) is 30.3 Å². The molecule has 1 aromatic carbocycles. The van der Waals surface area contributed by atoms with Crippen LogP contribution in [0, 0.1) is 0 Å². The van der Waals surface area contributed by atoms with Crippen LogP contribution in [0.3, 0.4) is 0 Å². The van der Waals surface area contributed by atoms with E-state index in [2.05, 4.69) is 15.5 Å². The van der Waals surface area contributed by atoms with Gasteiger partial charge in [-0.2, -0.15) is 5.10 Å². The third-order valence-corrected chi connectivity index (χ3v) is 4.13. The fourth-order valence-corrected chi connectivity index (χ4v) is 2.86. The van der Waals surface area contributed by atoms with Gasteiger partial charge in [0.25, 0.3) is 5.91 Å². The average molecular weight is 299 g/mol. The summed E-state index contributed by atoms with van der Waals surface area (Å²) in [6.07, 6.45) is 3.69. The number of aliphatic hydroxyl groups excluding tert-OH is 1. The smallest absolute Gasteiger partial charge is 0.271 e. The molecule has 0 aliphatic heterocycles. The van der Waals surface area contributed by atoms with E-state index in [0.717, 1.165) is 37.8 Å². The summed E-state index contributed by atoms with van der Waals surface area (Å²) in [6, 6.07) is 12.0. The fourth-order valence-electron chi connectivity index (χ4n) is 2.86. The maximum atomic E-state index is 12.2. The molecule has 5 nitrogen and oxygen atoms in total. The number of benzene rings is 1. The Bertz CT molecular complexity index is 616. The second-order valence-corrected chi connectivity index (χ2v) is 5.92. The number of amides is 1. The second-order valence-electron chi connectivity index (χ2n) is 5.92. The minimum Gasteiger partial charge on any atom is -0.393 e. The third kappa shape index (κ3) is 3.74. The van der Waals surface area contributed by atoms with Crippen LogP contribution >= 0.6 is 0 Å². The van der Waals surface area contributed by atoms with Crippen molar-refractivity contribution in [2.24, 2.45) is 0 Å². The van der Waals surface area contributed by atoms with Crippen LogP contribution < -0.4 is 5.32 Å². The molecule has 1 aliphatic carbocycles. The molecule has 0 saturated heterocycles. The summed E-state index contributed by atoms with van der Waals surface area (Å²) in [5.74, 6) is -0.142. The van der Waals surface area contributed by atoms with Crippen LogP contribution in [0.4, 0.5) is 0 Å². The Morgan fingerprint density at radius 3 is 2.68 bits per heavy atom. The van der Waals surface area contributed by atoms with Gasteiger partial charge in [-0.15, -0.1) is 0 Å². The molecule has 22 heavy (non-hydrogen) atoms. The number of carbonyl (C=O) groups is 1. The lowest BCUT2D eigenvalue weighted by Gasteiger charge is -2.25. The summed E-state index contributed by atoms with van der Waals surface area (Å²) in [5.41, 5.74) is 2.53. The highest BCUT2D eigenvalue weighted by atomic mass is 16.3. The third-order valence-electron chi connectivity index (χ3n) is 4.13. The molecule has 1 saturated carbocycles. The molecule has 1 aromatic heterocycles. The number of hydrogen-bond donors (Lipinski definition) is 3. The van der Waals surface area contributed by atoms with Gasteiger partial charge in [-0.05, 0) is 37.3 Å². The molecule has 3 N–H and O–H groups in total. The minimum absolute atomic E-state index is 0.142. The van der Waals surface area contributed by atoms with Gasteiger partial charge >= 0.3 is 0 Å². The van der Waals surface area contributed by atoms with Crippen LogP contribution in [0.15, 0.2) is 36.4 Å². The Kier molecular flexibility index (Phi) is 4.53. The normalized spacial score (nSPS) is 21.5. The molecule has 1 fully saturated rings. The van der Waals surface area contributed by atoms with Crippen LogP contribution in [-0.2, 0) is 6.42 Å². The maximum Gasteiger partial charge on any atom is 0.271 e. The predicted molar refractivity (Wildman–Crippen MR) is 83.6 cm³/mol. The van der Waals surface area contributed by atoms with E-state index in [1.54, 1.807) is 6.07 Å². The minimum atomic E-state index is -0.212. The van der Waals surface area contributed by atoms with Gasteiger partial charge in [0.15, 0.2) is 0 Å². The first kappa shape index (κ1) is 14.8. The van der Waals surface area contributed by atoms with Crippen molar-refractivity contribution in [2.75, 3.05) is 0 Å². The SMILES string of the molecule is O=C(NC1CCC(O)CC1)c1cc(Cc2ccccc2)[nH]n1. The monoisotopic (exact) mass is 299 g/mol. The molecule has 0 spiro atoms. The van der Waals surface area contributed by atoms with Gasteiger partial charge in [0.1, 0.15) is 5.69 Å². The fraction of sp³-hybridized carbons (Fsp3) is 0.412. The molecular weight excluding hydrogens is 278 g/mol. The van der Waals surface area contributed by atoms with E-state index >= 15 is 0 Å². The predicted octanol–water partition coefficient (Wildman–Crippen LogP) is 2.03. The van der Waals surface area contributed by atoms with Crippen LogP contribution in [-0.4, -0.2) is 33.4 Å². The number of hydrogen-bond acceptors (Lipinski definition) is 3. The Morgan fingerprint density at radius 2 is 1.95 bits per heavy atom. The van der Waals surface area contributed by atoms with Crippen LogP contribution in [0.2, 0.25) is 0 Å². The number of aliphatic hydroxyl groups is 1. The molecule has 0 bridgehead atoms. The largest absolute Gasteiger partial charge is 0.393 e. The van der Waals surface area contributed by atoms with Crippen molar-refractivity contribution in [1.29, 1.82) is 0 Å². The van der Waals surface area contributed by atoms with E-state index in [9.17, 15) is 9.90 Å². The second kappa shape index (κ2) is 6.75. The molecule has 5 heteroatoms. The van der Waals surface area contributed by atoms with Crippen molar-refractivity contribution in [1.82, 2.24) is 15.5 Å². The van der Waals surface area contributed by atoms with E-state index in [1.165, 1.54) is 5.56 Å². The number of nitrogens with zero attached hydrogens (tertiary/aromatic N) is 1. The Morgan fingerprint density at radius 1 is 1.23 bits per heavy atom. The molecule has 0 radical (unpaired) electrons. The van der Waals surface area contributed by atoms with Crippen molar-refractivity contribution in [3.63, 3.8) is 0 Å². The number of aromatic amines is 1. The topological polar surface area (TPSA) is 78.0 Å². The quantitative estimate of drug-likeness (QED) is 0.808. The molecular formula is C17H21N3O2. The Balaban J connectivity index is 1.57. The number of H-pyrrole nitrogens is 1. The van der Waals surface area contributed by atoms with Crippen molar-refractivity contribution in [3.05, 3.63) is 53.3 Å². The average Bonchev–Trinajstić information content (AvgIpc) is 2.99. The summed E-state index contributed by atoms with van der Waals surface area (Å²) >= 11 is 0. The van der Waals surface area contributed by atoms with Crippen LogP contribution in [0.5, 0.6) is 0 Å². The highest BCUT2D eigenvalue weighted by Crippen LogP contribution is 2.18. The van der Waals surface area contributed by atoms with Crippen LogP contribution in [0.25, 0.3) is 0 Å². The molecule has 3 rings (SSSR count). The zero-order valence-electron chi connectivity index (χ0n) is 12.5. The zero-order valence-corrected chi connectivity index (χ0v) is 12.5. The number of rotatable bonds is 4. The molecule has 116 valence electrons.